The second kappa shape index (κ2) is 10.5. The Morgan fingerprint density at radius 2 is 1.77 bits per heavy atom. The van der Waals surface area contributed by atoms with Crippen LogP contribution in [-0.4, -0.2) is 23.1 Å². The molecule has 0 saturated heterocycles. The molecule has 0 fully saturated rings. The maximum Gasteiger partial charge on any atom is 2.00 e. The molecule has 0 aliphatic rings. The van der Waals surface area contributed by atoms with Crippen molar-refractivity contribution in [3.8, 4) is 0 Å². The molecule has 1 aromatic rings. The van der Waals surface area contributed by atoms with Gasteiger partial charge < -0.3 is 23.4 Å². The molecule has 0 amide bonds. The van der Waals surface area contributed by atoms with Crippen LogP contribution in [0.2, 0.25) is 0 Å². The van der Waals surface area contributed by atoms with Crippen LogP contribution in [0, 0.1) is 6.42 Å². The first-order valence-electron chi connectivity index (χ1n) is 4.25. The molecule has 0 aliphatic heterocycles. The van der Waals surface area contributed by atoms with Crippen LogP contribution in [0.3, 0.4) is 0 Å². The Labute approximate surface area is 108 Å². The molecule has 0 unspecified atom stereocenters. The second-order valence-electron chi connectivity index (χ2n) is 2.79. The van der Waals surface area contributed by atoms with Crippen molar-refractivity contribution < 1.29 is 17.0 Å². The molecule has 0 bridgehead atoms. The van der Waals surface area contributed by atoms with Gasteiger partial charge in [0, 0.05) is 0 Å². The van der Waals surface area contributed by atoms with Crippen LogP contribution in [-0.2, 0) is 6.42 Å². The summed E-state index contributed by atoms with van der Waals surface area (Å²) < 4.78 is 0. The van der Waals surface area contributed by atoms with E-state index in [1.165, 1.54) is 24.8 Å². The molecule has 0 aliphatic carbocycles. The van der Waals surface area contributed by atoms with Crippen LogP contribution in [0.25, 0.3) is 0 Å². The summed E-state index contributed by atoms with van der Waals surface area (Å²) in [6, 6.07) is 10.6. The van der Waals surface area contributed by atoms with Crippen LogP contribution < -0.4 is 17.0 Å². The second-order valence-corrected chi connectivity index (χ2v) is 2.79. The van der Waals surface area contributed by atoms with Crippen molar-refractivity contribution in [3.05, 3.63) is 42.3 Å². The largest absolute Gasteiger partial charge is 2.00 e. The van der Waals surface area contributed by atoms with Gasteiger partial charge in [0.25, 0.3) is 0 Å². The van der Waals surface area contributed by atoms with Gasteiger partial charge in [0.2, 0.25) is 0 Å². The molecule has 0 saturated carbocycles. The maximum atomic E-state index is 2.23. The van der Waals surface area contributed by atoms with Gasteiger partial charge in [-0.1, -0.05) is 36.8 Å². The van der Waals surface area contributed by atoms with E-state index in [1.54, 1.807) is 0 Å². The number of unbranched alkanes of at least 4 members (excludes halogenated alkanes) is 2. The third-order valence-electron chi connectivity index (χ3n) is 1.80. The van der Waals surface area contributed by atoms with Crippen LogP contribution in [0.1, 0.15) is 25.3 Å². The summed E-state index contributed by atoms with van der Waals surface area (Å²) in [6.45, 7) is 2.12. The standard InChI is InChI=1S/C11H15.BrH.Mg/c1-2-3-5-8-11-9-6-4-7-10-11;;/h2,4,6-7,9-10H,3,5,8H2,1H3;1H;/q-1;;+2/p-1. The molecule has 68 valence electrons. The van der Waals surface area contributed by atoms with Gasteiger partial charge in [-0.15, -0.1) is 0 Å². The molecule has 0 spiro atoms. The Kier molecular flexibility index (Phi) is 12.9. The Hall–Kier alpha value is 0.466. The average Bonchev–Trinajstić information content (AvgIpc) is 2.07. The third kappa shape index (κ3) is 7.53. The third-order valence-corrected chi connectivity index (χ3v) is 1.80. The number of benzene rings is 1. The van der Waals surface area contributed by atoms with E-state index in [-0.39, 0.29) is 40.0 Å². The molecule has 0 atom stereocenters. The Bertz CT molecular complexity index is 187. The predicted octanol–water partition coefficient (Wildman–Crippen LogP) is -0.143. The van der Waals surface area contributed by atoms with Crippen LogP contribution in [0.5, 0.6) is 0 Å². The summed E-state index contributed by atoms with van der Waals surface area (Å²) in [4.78, 5) is 0. The van der Waals surface area contributed by atoms with Crippen molar-refractivity contribution in [3.63, 3.8) is 0 Å². The molecule has 1 rings (SSSR count). The number of hydrogen-bond acceptors (Lipinski definition) is 0. The van der Waals surface area contributed by atoms with Crippen molar-refractivity contribution in [1.82, 2.24) is 0 Å². The monoisotopic (exact) mass is 250 g/mol. The summed E-state index contributed by atoms with van der Waals surface area (Å²) >= 11 is 0. The minimum absolute atomic E-state index is 0. The van der Waals surface area contributed by atoms with Crippen molar-refractivity contribution in [2.24, 2.45) is 0 Å². The van der Waals surface area contributed by atoms with E-state index >= 15 is 0 Å². The summed E-state index contributed by atoms with van der Waals surface area (Å²) in [6.07, 6.45) is 5.95. The van der Waals surface area contributed by atoms with E-state index in [4.69, 9.17) is 0 Å². The fourth-order valence-corrected chi connectivity index (χ4v) is 1.15. The van der Waals surface area contributed by atoms with Gasteiger partial charge in [0.1, 0.15) is 0 Å². The van der Waals surface area contributed by atoms with Crippen LogP contribution in [0.15, 0.2) is 30.3 Å². The van der Waals surface area contributed by atoms with Gasteiger partial charge >= 0.3 is 23.1 Å². The zero-order valence-electron chi connectivity index (χ0n) is 8.17. The molecule has 13 heavy (non-hydrogen) atoms. The topological polar surface area (TPSA) is 0 Å². The maximum absolute atomic E-state index is 2.23. The molecule has 0 nitrogen and oxygen atoms in total. The Morgan fingerprint density at radius 1 is 1.15 bits per heavy atom. The molecule has 0 radical (unpaired) electrons. The van der Waals surface area contributed by atoms with E-state index in [9.17, 15) is 0 Å². The first kappa shape index (κ1) is 15.9. The molecule has 0 aromatic heterocycles. The van der Waals surface area contributed by atoms with E-state index < -0.39 is 0 Å². The molecule has 1 aromatic carbocycles. The van der Waals surface area contributed by atoms with Crippen molar-refractivity contribution in [2.75, 3.05) is 0 Å². The zero-order valence-corrected chi connectivity index (χ0v) is 11.2. The predicted molar refractivity (Wildman–Crippen MR) is 55.1 cm³/mol. The fourth-order valence-electron chi connectivity index (χ4n) is 1.15. The Balaban J connectivity index is 0. The van der Waals surface area contributed by atoms with Crippen LogP contribution in [0.4, 0.5) is 0 Å². The van der Waals surface area contributed by atoms with Gasteiger partial charge in [0.15, 0.2) is 0 Å². The van der Waals surface area contributed by atoms with Gasteiger partial charge in [-0.25, -0.2) is 0 Å². The van der Waals surface area contributed by atoms with Crippen molar-refractivity contribution >= 4 is 23.1 Å². The van der Waals surface area contributed by atoms with Crippen molar-refractivity contribution in [1.29, 1.82) is 0 Å². The molecule has 0 N–H and O–H groups in total. The minimum atomic E-state index is 0. The van der Waals surface area contributed by atoms with Gasteiger partial charge in [-0.05, 0) is 12.0 Å². The summed E-state index contributed by atoms with van der Waals surface area (Å²) in [5, 5.41) is 0. The number of rotatable bonds is 4. The quantitative estimate of drug-likeness (QED) is 0.397. The number of halogens is 1. The first-order chi connectivity index (χ1) is 5.43. The smallest absolute Gasteiger partial charge is 1.00 e. The van der Waals surface area contributed by atoms with E-state index in [0.29, 0.717) is 0 Å². The first-order valence-corrected chi connectivity index (χ1v) is 4.25. The number of aryl methyl sites for hydroxylation is 1. The molecular weight excluding hydrogens is 236 g/mol. The van der Waals surface area contributed by atoms with E-state index in [0.717, 1.165) is 0 Å². The molecule has 2 heteroatoms. The molecular formula is C11H15BrMg. The number of hydrogen-bond donors (Lipinski definition) is 0. The average molecular weight is 251 g/mol. The summed E-state index contributed by atoms with van der Waals surface area (Å²) in [7, 11) is 0. The van der Waals surface area contributed by atoms with Crippen molar-refractivity contribution in [2.45, 2.75) is 26.2 Å². The van der Waals surface area contributed by atoms with Crippen LogP contribution >= 0.6 is 0 Å². The minimum Gasteiger partial charge on any atom is -1.00 e. The fraction of sp³-hybridized carbons (Fsp3) is 0.364. The zero-order chi connectivity index (χ0) is 7.94. The van der Waals surface area contributed by atoms with Gasteiger partial charge in [-0.2, -0.15) is 13.3 Å². The summed E-state index contributed by atoms with van der Waals surface area (Å²) in [5.41, 5.74) is 1.45. The normalized spacial score (nSPS) is 8.38. The van der Waals surface area contributed by atoms with E-state index in [2.05, 4.69) is 43.7 Å². The van der Waals surface area contributed by atoms with Gasteiger partial charge in [0.05, 0.1) is 0 Å². The van der Waals surface area contributed by atoms with Gasteiger partial charge in [-0.3, -0.25) is 0 Å². The SMILES string of the molecule is C[CH-]CCCc1ccccc1.[Br-].[Mg+2]. The molecule has 0 heterocycles. The Morgan fingerprint density at radius 3 is 2.31 bits per heavy atom. The summed E-state index contributed by atoms with van der Waals surface area (Å²) in [5.74, 6) is 0. The van der Waals surface area contributed by atoms with E-state index in [1.807, 2.05) is 0 Å².